The summed E-state index contributed by atoms with van der Waals surface area (Å²) in [7, 11) is 0. The zero-order valence-electron chi connectivity index (χ0n) is 7.51. The van der Waals surface area contributed by atoms with E-state index in [1.165, 1.54) is 0 Å². The van der Waals surface area contributed by atoms with Gasteiger partial charge in [0.25, 0.3) is 0 Å². The molecule has 14 heavy (non-hydrogen) atoms. The molecule has 0 fully saturated rings. The van der Waals surface area contributed by atoms with E-state index in [0.717, 1.165) is 20.9 Å². The Balaban J connectivity index is 2.94. The summed E-state index contributed by atoms with van der Waals surface area (Å²) in [4.78, 5) is 4.29. The number of hydrogen-bond donors (Lipinski definition) is 1. The molecule has 0 unspecified atom stereocenters. The highest BCUT2D eigenvalue weighted by molar-refractivity contribution is 9.10. The summed E-state index contributed by atoms with van der Waals surface area (Å²) in [5, 5.41) is 1.65. The fraction of sp³-hybridized carbons (Fsp3) is 0.100. The lowest BCUT2D eigenvalue weighted by Crippen LogP contribution is -1.92. The Bertz CT molecular complexity index is 464. The number of nitrogens with zero attached hydrogens (tertiary/aromatic N) is 1. The van der Waals surface area contributed by atoms with Crippen LogP contribution in [0.3, 0.4) is 0 Å². The molecule has 0 radical (unpaired) electrons. The smallest absolute Gasteiger partial charge is 0.0767 e. The lowest BCUT2D eigenvalue weighted by Gasteiger charge is -2.06. The highest BCUT2D eigenvalue weighted by Gasteiger charge is 2.07. The minimum absolute atomic E-state index is 0.703. The maximum absolute atomic E-state index is 5.99. The second-order valence-electron chi connectivity index (χ2n) is 3.09. The first-order valence-electron chi connectivity index (χ1n) is 4.10. The van der Waals surface area contributed by atoms with Crippen LogP contribution in [0.5, 0.6) is 0 Å². The van der Waals surface area contributed by atoms with Gasteiger partial charge in [-0.2, -0.15) is 0 Å². The Kier molecular flexibility index (Phi) is 2.37. The third kappa shape index (κ3) is 1.37. The first-order chi connectivity index (χ1) is 6.61. The highest BCUT2D eigenvalue weighted by Crippen LogP contribution is 2.31. The quantitative estimate of drug-likeness (QED) is 0.796. The molecule has 0 aliphatic rings. The number of fused-ring (bicyclic) bond motifs is 1. The van der Waals surface area contributed by atoms with Crippen molar-refractivity contribution in [3.8, 4) is 0 Å². The molecule has 0 saturated heterocycles. The lowest BCUT2D eigenvalue weighted by molar-refractivity contribution is 1.35. The Morgan fingerprint density at radius 1 is 1.43 bits per heavy atom. The second-order valence-corrected chi connectivity index (χ2v) is 4.35. The van der Waals surface area contributed by atoms with Gasteiger partial charge in [0.2, 0.25) is 0 Å². The molecular weight excluding hydrogens is 263 g/mol. The van der Waals surface area contributed by atoms with Crippen LogP contribution >= 0.6 is 27.5 Å². The highest BCUT2D eigenvalue weighted by atomic mass is 79.9. The second kappa shape index (κ2) is 3.41. The normalized spacial score (nSPS) is 10.8. The van der Waals surface area contributed by atoms with Crippen molar-refractivity contribution in [1.29, 1.82) is 0 Å². The van der Waals surface area contributed by atoms with Crippen molar-refractivity contribution in [2.75, 3.05) is 5.73 Å². The Morgan fingerprint density at radius 3 is 2.86 bits per heavy atom. The third-order valence-electron chi connectivity index (χ3n) is 2.22. The standard InChI is InChI=1S/C10H8BrClN2/c1-5-8(12)3-2-6-9(13)7(11)4-14-10(5)6/h2-4H,1H3,(H2,13,14). The lowest BCUT2D eigenvalue weighted by atomic mass is 10.1. The minimum Gasteiger partial charge on any atom is -0.397 e. The number of halogens is 2. The summed E-state index contributed by atoms with van der Waals surface area (Å²) in [6.07, 6.45) is 1.70. The predicted octanol–water partition coefficient (Wildman–Crippen LogP) is 3.54. The molecule has 0 spiro atoms. The first kappa shape index (κ1) is 9.74. The van der Waals surface area contributed by atoms with Crippen molar-refractivity contribution in [3.05, 3.63) is 33.4 Å². The Labute approximate surface area is 95.2 Å². The van der Waals surface area contributed by atoms with E-state index < -0.39 is 0 Å². The van der Waals surface area contributed by atoms with Gasteiger partial charge in [0, 0.05) is 16.6 Å². The van der Waals surface area contributed by atoms with E-state index in [0.29, 0.717) is 10.7 Å². The number of anilines is 1. The number of nitrogens with two attached hydrogens (primary N) is 1. The summed E-state index contributed by atoms with van der Waals surface area (Å²) in [6, 6.07) is 3.72. The zero-order chi connectivity index (χ0) is 10.3. The van der Waals surface area contributed by atoms with E-state index in [9.17, 15) is 0 Å². The van der Waals surface area contributed by atoms with Gasteiger partial charge in [-0.15, -0.1) is 0 Å². The number of aromatic nitrogens is 1. The fourth-order valence-corrected chi connectivity index (χ4v) is 1.85. The number of pyridine rings is 1. The third-order valence-corrected chi connectivity index (χ3v) is 3.26. The Hall–Kier alpha value is -0.800. The van der Waals surface area contributed by atoms with Crippen molar-refractivity contribution in [1.82, 2.24) is 4.98 Å². The van der Waals surface area contributed by atoms with Crippen LogP contribution in [-0.4, -0.2) is 4.98 Å². The van der Waals surface area contributed by atoms with Crippen molar-refractivity contribution in [2.45, 2.75) is 6.92 Å². The van der Waals surface area contributed by atoms with Crippen LogP contribution in [0.2, 0.25) is 5.02 Å². The van der Waals surface area contributed by atoms with E-state index in [1.807, 2.05) is 19.1 Å². The van der Waals surface area contributed by atoms with Gasteiger partial charge in [-0.05, 0) is 40.5 Å². The van der Waals surface area contributed by atoms with E-state index in [-0.39, 0.29) is 0 Å². The van der Waals surface area contributed by atoms with Crippen LogP contribution in [-0.2, 0) is 0 Å². The zero-order valence-corrected chi connectivity index (χ0v) is 9.85. The summed E-state index contributed by atoms with van der Waals surface area (Å²) >= 11 is 9.33. The molecule has 72 valence electrons. The molecule has 2 nitrogen and oxygen atoms in total. The average Bonchev–Trinajstić information content (AvgIpc) is 2.17. The molecule has 0 bridgehead atoms. The molecule has 0 aliphatic carbocycles. The number of nitrogen functional groups attached to an aromatic ring is 1. The number of rotatable bonds is 0. The summed E-state index contributed by atoms with van der Waals surface area (Å²) < 4.78 is 0.812. The molecule has 0 saturated carbocycles. The van der Waals surface area contributed by atoms with Gasteiger partial charge in [-0.3, -0.25) is 4.98 Å². The first-order valence-corrected chi connectivity index (χ1v) is 5.27. The van der Waals surface area contributed by atoms with E-state index in [4.69, 9.17) is 17.3 Å². The van der Waals surface area contributed by atoms with Gasteiger partial charge in [-0.25, -0.2) is 0 Å². The minimum atomic E-state index is 0.703. The fourth-order valence-electron chi connectivity index (χ4n) is 1.38. The van der Waals surface area contributed by atoms with E-state index >= 15 is 0 Å². The maximum atomic E-state index is 5.99. The molecule has 1 heterocycles. The SMILES string of the molecule is Cc1c(Cl)ccc2c(N)c(Br)cnc12. The molecule has 1 aromatic heterocycles. The summed E-state index contributed by atoms with van der Waals surface area (Å²) in [5.74, 6) is 0. The van der Waals surface area contributed by atoms with E-state index in [1.54, 1.807) is 6.20 Å². The van der Waals surface area contributed by atoms with Crippen LogP contribution in [0.4, 0.5) is 5.69 Å². The Morgan fingerprint density at radius 2 is 2.14 bits per heavy atom. The molecule has 0 aliphatic heterocycles. The van der Waals surface area contributed by atoms with Crippen LogP contribution < -0.4 is 5.73 Å². The van der Waals surface area contributed by atoms with Crippen molar-refractivity contribution in [2.24, 2.45) is 0 Å². The largest absolute Gasteiger partial charge is 0.397 e. The van der Waals surface area contributed by atoms with Gasteiger partial charge < -0.3 is 5.73 Å². The molecule has 2 aromatic rings. The molecule has 0 atom stereocenters. The summed E-state index contributed by atoms with van der Waals surface area (Å²) in [6.45, 7) is 1.94. The van der Waals surface area contributed by atoms with Crippen LogP contribution in [0.25, 0.3) is 10.9 Å². The van der Waals surface area contributed by atoms with Crippen molar-refractivity contribution < 1.29 is 0 Å². The maximum Gasteiger partial charge on any atom is 0.0767 e. The van der Waals surface area contributed by atoms with Gasteiger partial charge in [-0.1, -0.05) is 11.6 Å². The number of hydrogen-bond acceptors (Lipinski definition) is 2. The van der Waals surface area contributed by atoms with Crippen molar-refractivity contribution >= 4 is 44.1 Å². The number of benzene rings is 1. The monoisotopic (exact) mass is 270 g/mol. The van der Waals surface area contributed by atoms with Crippen LogP contribution in [0.1, 0.15) is 5.56 Å². The molecular formula is C10H8BrClN2. The summed E-state index contributed by atoms with van der Waals surface area (Å²) in [5.41, 5.74) is 8.43. The van der Waals surface area contributed by atoms with Crippen LogP contribution in [0.15, 0.2) is 22.8 Å². The average molecular weight is 272 g/mol. The topological polar surface area (TPSA) is 38.9 Å². The van der Waals surface area contributed by atoms with Gasteiger partial charge in [0.05, 0.1) is 15.7 Å². The van der Waals surface area contributed by atoms with Crippen molar-refractivity contribution in [3.63, 3.8) is 0 Å². The van der Waals surface area contributed by atoms with Gasteiger partial charge in [0.15, 0.2) is 0 Å². The predicted molar refractivity (Wildman–Crippen MR) is 63.6 cm³/mol. The van der Waals surface area contributed by atoms with Gasteiger partial charge in [0.1, 0.15) is 0 Å². The molecule has 0 amide bonds. The number of aryl methyl sites for hydroxylation is 1. The molecule has 2 N–H and O–H groups in total. The van der Waals surface area contributed by atoms with Gasteiger partial charge >= 0.3 is 0 Å². The molecule has 2 rings (SSSR count). The molecule has 1 aromatic carbocycles. The van der Waals surface area contributed by atoms with Crippen LogP contribution in [0, 0.1) is 6.92 Å². The van der Waals surface area contributed by atoms with E-state index in [2.05, 4.69) is 20.9 Å². The molecule has 4 heteroatoms.